The summed E-state index contributed by atoms with van der Waals surface area (Å²) in [7, 11) is 0. The maximum atomic E-state index is 12.7. The number of hydrogen-bond donors (Lipinski definition) is 2. The molecule has 7 heteroatoms. The molecule has 0 bridgehead atoms. The Hall–Kier alpha value is -3.35. The minimum absolute atomic E-state index is 0.211. The second kappa shape index (κ2) is 10.8. The van der Waals surface area contributed by atoms with Gasteiger partial charge < -0.3 is 20.4 Å². The molecule has 3 rings (SSSR count). The Balaban J connectivity index is 1.55. The van der Waals surface area contributed by atoms with Crippen LogP contribution < -0.4 is 11.1 Å². The van der Waals surface area contributed by atoms with Crippen LogP contribution in [0.4, 0.5) is 4.79 Å². The fraction of sp³-hybridized carbons (Fsp3) is 0.400. The predicted molar refractivity (Wildman–Crippen MR) is 123 cm³/mol. The number of aromatic nitrogens is 1. The molecule has 1 aromatic carbocycles. The number of primary amides is 1. The highest BCUT2D eigenvalue weighted by Gasteiger charge is 2.18. The van der Waals surface area contributed by atoms with Crippen molar-refractivity contribution in [2.45, 2.75) is 59.0 Å². The number of nitrogens with two attached hydrogens (primary N) is 1. The second-order valence-electron chi connectivity index (χ2n) is 8.21. The van der Waals surface area contributed by atoms with E-state index in [9.17, 15) is 14.4 Å². The second-order valence-corrected chi connectivity index (χ2v) is 8.21. The first-order chi connectivity index (χ1) is 15.3. The summed E-state index contributed by atoms with van der Waals surface area (Å²) in [6.07, 6.45) is 8.23. The molecule has 1 aliphatic rings. The van der Waals surface area contributed by atoms with E-state index >= 15 is 0 Å². The summed E-state index contributed by atoms with van der Waals surface area (Å²) in [5, 5.41) is 2.48. The Labute approximate surface area is 188 Å². The molecule has 1 aliphatic carbocycles. The highest BCUT2D eigenvalue weighted by atomic mass is 16.5. The van der Waals surface area contributed by atoms with Crippen molar-refractivity contribution in [3.8, 4) is 0 Å². The number of benzene rings is 1. The van der Waals surface area contributed by atoms with Crippen LogP contribution >= 0.6 is 0 Å². The molecule has 0 fully saturated rings. The summed E-state index contributed by atoms with van der Waals surface area (Å²) in [4.78, 5) is 35.8. The first kappa shape index (κ1) is 23.3. The van der Waals surface area contributed by atoms with Crippen LogP contribution in [0.1, 0.15) is 69.8 Å². The van der Waals surface area contributed by atoms with Crippen LogP contribution in [0.25, 0.3) is 0 Å². The average Bonchev–Trinajstić information content (AvgIpc) is 3.08. The summed E-state index contributed by atoms with van der Waals surface area (Å²) in [5.74, 6) is -0.775. The maximum absolute atomic E-state index is 12.7. The number of ether oxygens (including phenoxy) is 1. The van der Waals surface area contributed by atoms with Crippen molar-refractivity contribution in [1.82, 2.24) is 9.88 Å². The van der Waals surface area contributed by atoms with Gasteiger partial charge in [-0.3, -0.25) is 4.79 Å². The van der Waals surface area contributed by atoms with Gasteiger partial charge in [0, 0.05) is 30.0 Å². The lowest BCUT2D eigenvalue weighted by atomic mass is 9.97. The molecule has 1 aromatic heterocycles. The molecule has 2 aromatic rings. The van der Waals surface area contributed by atoms with Crippen LogP contribution in [0, 0.1) is 13.8 Å². The standard InChI is InChI=1S/C25H31N3O4/c1-17-14-22(18(2)28(17)13-12-19-6-4-3-5-7-19)23(29)16-32-24(30)21-10-8-20(9-11-21)15-27-25(26)31/h6,8-11,14H,3-5,7,12-13,15-16H2,1-2H3,(H3,26,27,31). The lowest BCUT2D eigenvalue weighted by Gasteiger charge is -2.15. The lowest BCUT2D eigenvalue weighted by Crippen LogP contribution is -2.28. The quantitative estimate of drug-likeness (QED) is 0.348. The van der Waals surface area contributed by atoms with Gasteiger partial charge in [0.05, 0.1) is 5.56 Å². The molecule has 0 saturated carbocycles. The number of hydrogen-bond acceptors (Lipinski definition) is 4. The molecule has 0 unspecified atom stereocenters. The summed E-state index contributed by atoms with van der Waals surface area (Å²) in [5.41, 5.74) is 10.2. The molecule has 32 heavy (non-hydrogen) atoms. The van der Waals surface area contributed by atoms with Gasteiger partial charge in [-0.25, -0.2) is 9.59 Å². The number of Topliss-reactive ketones (excluding diaryl/α,β-unsaturated/α-hetero) is 1. The molecule has 3 N–H and O–H groups in total. The van der Waals surface area contributed by atoms with Gasteiger partial charge in [-0.15, -0.1) is 0 Å². The number of rotatable bonds is 9. The molecule has 0 saturated heterocycles. The molecule has 2 amide bonds. The number of nitrogens with zero attached hydrogens (tertiary/aromatic N) is 1. The van der Waals surface area contributed by atoms with Gasteiger partial charge in [0.25, 0.3) is 0 Å². The van der Waals surface area contributed by atoms with Crippen LogP contribution in [-0.2, 0) is 17.8 Å². The SMILES string of the molecule is Cc1cc(C(=O)COC(=O)c2ccc(CNC(N)=O)cc2)c(C)n1CCC1=CCCCC1. The van der Waals surface area contributed by atoms with Gasteiger partial charge in [0.15, 0.2) is 6.61 Å². The number of aryl methyl sites for hydroxylation is 1. The van der Waals surface area contributed by atoms with Crippen molar-refractivity contribution < 1.29 is 19.1 Å². The zero-order valence-electron chi connectivity index (χ0n) is 18.8. The minimum atomic E-state index is -0.613. The molecule has 1 heterocycles. The van der Waals surface area contributed by atoms with Crippen molar-refractivity contribution in [2.75, 3.05) is 6.61 Å². The van der Waals surface area contributed by atoms with E-state index in [1.54, 1.807) is 24.3 Å². The first-order valence-corrected chi connectivity index (χ1v) is 11.0. The number of ketones is 1. The summed E-state index contributed by atoms with van der Waals surface area (Å²) < 4.78 is 7.42. The number of urea groups is 1. The lowest BCUT2D eigenvalue weighted by molar-refractivity contribution is 0.0474. The van der Waals surface area contributed by atoms with Gasteiger partial charge >= 0.3 is 12.0 Å². The van der Waals surface area contributed by atoms with E-state index in [2.05, 4.69) is 16.0 Å². The molecule has 0 radical (unpaired) electrons. The monoisotopic (exact) mass is 437 g/mol. The third kappa shape index (κ3) is 6.09. The van der Waals surface area contributed by atoms with Gasteiger partial charge in [-0.05, 0) is 69.7 Å². The van der Waals surface area contributed by atoms with E-state index in [-0.39, 0.29) is 18.9 Å². The Kier molecular flexibility index (Phi) is 7.87. The minimum Gasteiger partial charge on any atom is -0.454 e. The summed E-state index contributed by atoms with van der Waals surface area (Å²) in [6.45, 7) is 4.76. The van der Waals surface area contributed by atoms with Crippen LogP contribution in [0.5, 0.6) is 0 Å². The zero-order chi connectivity index (χ0) is 23.1. The normalized spacial score (nSPS) is 13.4. The topological polar surface area (TPSA) is 103 Å². The Morgan fingerprint density at radius 2 is 1.88 bits per heavy atom. The molecule has 0 aliphatic heterocycles. The third-order valence-electron chi connectivity index (χ3n) is 5.91. The van der Waals surface area contributed by atoms with Crippen molar-refractivity contribution >= 4 is 17.8 Å². The van der Waals surface area contributed by atoms with E-state index in [1.165, 1.54) is 31.3 Å². The molecule has 170 valence electrons. The largest absolute Gasteiger partial charge is 0.454 e. The molecule has 0 spiro atoms. The van der Waals surface area contributed by atoms with Gasteiger partial charge in [-0.1, -0.05) is 23.8 Å². The molecule has 0 atom stereocenters. The number of carbonyl (C=O) groups is 3. The Morgan fingerprint density at radius 3 is 2.53 bits per heavy atom. The molecule has 7 nitrogen and oxygen atoms in total. The number of esters is 1. The maximum Gasteiger partial charge on any atom is 0.338 e. The molecular formula is C25H31N3O4. The number of carbonyl (C=O) groups excluding carboxylic acids is 3. The average molecular weight is 438 g/mol. The fourth-order valence-electron chi connectivity index (χ4n) is 4.05. The van der Waals surface area contributed by atoms with Gasteiger partial charge in [0.1, 0.15) is 0 Å². The van der Waals surface area contributed by atoms with Crippen molar-refractivity contribution in [2.24, 2.45) is 5.73 Å². The molecular weight excluding hydrogens is 406 g/mol. The number of amides is 2. The van der Waals surface area contributed by atoms with E-state index in [0.29, 0.717) is 11.1 Å². The van der Waals surface area contributed by atoms with Crippen molar-refractivity contribution in [1.29, 1.82) is 0 Å². The van der Waals surface area contributed by atoms with Crippen LogP contribution in [0.2, 0.25) is 0 Å². The van der Waals surface area contributed by atoms with E-state index in [1.807, 2.05) is 19.9 Å². The highest BCUT2D eigenvalue weighted by Crippen LogP contribution is 2.23. The van der Waals surface area contributed by atoms with E-state index in [4.69, 9.17) is 10.5 Å². The van der Waals surface area contributed by atoms with Crippen molar-refractivity contribution in [3.05, 3.63) is 70.1 Å². The zero-order valence-corrected chi connectivity index (χ0v) is 18.8. The van der Waals surface area contributed by atoms with Gasteiger partial charge in [0.2, 0.25) is 5.78 Å². The van der Waals surface area contributed by atoms with Crippen molar-refractivity contribution in [3.63, 3.8) is 0 Å². The summed E-state index contributed by atoms with van der Waals surface area (Å²) >= 11 is 0. The van der Waals surface area contributed by atoms with Crippen LogP contribution in [0.15, 0.2) is 42.0 Å². The number of allylic oxidation sites excluding steroid dienone is 2. The predicted octanol–water partition coefficient (Wildman–Crippen LogP) is 4.20. The smallest absolute Gasteiger partial charge is 0.338 e. The van der Waals surface area contributed by atoms with E-state index < -0.39 is 12.0 Å². The Bertz CT molecular complexity index is 1020. The summed E-state index contributed by atoms with van der Waals surface area (Å²) in [6, 6.07) is 7.85. The third-order valence-corrected chi connectivity index (χ3v) is 5.91. The fourth-order valence-corrected chi connectivity index (χ4v) is 4.05. The van der Waals surface area contributed by atoms with E-state index in [0.717, 1.165) is 29.9 Å². The van der Waals surface area contributed by atoms with Crippen LogP contribution in [0.3, 0.4) is 0 Å². The van der Waals surface area contributed by atoms with Gasteiger partial charge in [-0.2, -0.15) is 0 Å². The first-order valence-electron chi connectivity index (χ1n) is 11.0. The number of nitrogens with one attached hydrogen (secondary N) is 1. The highest BCUT2D eigenvalue weighted by molar-refractivity contribution is 6.00. The van der Waals surface area contributed by atoms with Crippen LogP contribution in [-0.4, -0.2) is 29.0 Å². The Morgan fingerprint density at radius 1 is 1.12 bits per heavy atom.